The van der Waals surface area contributed by atoms with Gasteiger partial charge in [0.1, 0.15) is 23.1 Å². The normalized spacial score (nSPS) is 25.7. The first kappa shape index (κ1) is 24.7. The highest BCUT2D eigenvalue weighted by Gasteiger charge is 2.39. The molecule has 5 heteroatoms. The maximum atomic E-state index is 15.8. The van der Waals surface area contributed by atoms with Crippen molar-refractivity contribution in [2.75, 3.05) is 38.1 Å². The van der Waals surface area contributed by atoms with Crippen LogP contribution in [0.25, 0.3) is 0 Å². The highest BCUT2D eigenvalue weighted by atomic mass is 19.1. The Labute approximate surface area is 219 Å². The number of piperidine rings is 2. The molecular weight excluding hydrogens is 466 g/mol. The third-order valence-corrected chi connectivity index (χ3v) is 9.63. The summed E-state index contributed by atoms with van der Waals surface area (Å²) >= 11 is 0. The van der Waals surface area contributed by atoms with E-state index in [2.05, 4.69) is 30.2 Å². The van der Waals surface area contributed by atoms with E-state index in [1.807, 2.05) is 17.0 Å². The van der Waals surface area contributed by atoms with Crippen LogP contribution < -0.4 is 4.90 Å². The molecule has 2 aromatic carbocycles. The Kier molecular flexibility index (Phi) is 6.60. The van der Waals surface area contributed by atoms with E-state index in [-0.39, 0.29) is 23.3 Å². The SMILES string of the molecule is CN1CCC2(CC1)CCN(c1c(F)cc([C@@H]3c4ccc(O)cc4CC[C@@H]3C3=CCCC=C3)cc1F)CC2. The lowest BCUT2D eigenvalue weighted by Crippen LogP contribution is -2.46. The molecular formula is C32H38F2N2O. The first-order valence-corrected chi connectivity index (χ1v) is 14.0. The lowest BCUT2D eigenvalue weighted by molar-refractivity contribution is 0.0941. The van der Waals surface area contributed by atoms with Crippen LogP contribution >= 0.6 is 0 Å². The molecule has 0 aromatic heterocycles. The average molecular weight is 505 g/mol. The molecule has 2 heterocycles. The number of halogens is 2. The van der Waals surface area contributed by atoms with Crippen LogP contribution in [0.2, 0.25) is 0 Å². The van der Waals surface area contributed by atoms with E-state index in [1.165, 1.54) is 18.4 Å². The highest BCUT2D eigenvalue weighted by Crippen LogP contribution is 2.48. The summed E-state index contributed by atoms with van der Waals surface area (Å²) in [5.74, 6) is -0.634. The quantitative estimate of drug-likeness (QED) is 0.490. The number of hydrogen-bond acceptors (Lipinski definition) is 3. The van der Waals surface area contributed by atoms with E-state index in [0.717, 1.165) is 62.7 Å². The van der Waals surface area contributed by atoms with Crippen molar-refractivity contribution in [1.82, 2.24) is 4.90 Å². The van der Waals surface area contributed by atoms with Gasteiger partial charge in [-0.1, -0.05) is 24.3 Å². The summed E-state index contributed by atoms with van der Waals surface area (Å²) in [6, 6.07) is 8.64. The molecule has 0 radical (unpaired) electrons. The number of allylic oxidation sites excluding steroid dienone is 4. The van der Waals surface area contributed by atoms with Gasteiger partial charge >= 0.3 is 0 Å². The topological polar surface area (TPSA) is 26.7 Å². The van der Waals surface area contributed by atoms with Crippen LogP contribution in [0.4, 0.5) is 14.5 Å². The van der Waals surface area contributed by atoms with Gasteiger partial charge in [-0.2, -0.15) is 0 Å². The van der Waals surface area contributed by atoms with Crippen molar-refractivity contribution in [3.8, 4) is 5.75 Å². The van der Waals surface area contributed by atoms with E-state index in [9.17, 15) is 5.11 Å². The van der Waals surface area contributed by atoms with Crippen LogP contribution in [0.15, 0.2) is 54.1 Å². The Hall–Kier alpha value is -2.66. The van der Waals surface area contributed by atoms with Gasteiger partial charge in [0, 0.05) is 19.0 Å². The van der Waals surface area contributed by atoms with Gasteiger partial charge in [-0.05, 0) is 129 Å². The minimum absolute atomic E-state index is 0.139. The van der Waals surface area contributed by atoms with Crippen molar-refractivity contribution in [3.05, 3.63) is 82.5 Å². The zero-order valence-corrected chi connectivity index (χ0v) is 21.9. The summed E-state index contributed by atoms with van der Waals surface area (Å²) < 4.78 is 31.6. The van der Waals surface area contributed by atoms with Crippen molar-refractivity contribution in [2.24, 2.45) is 11.3 Å². The summed E-state index contributed by atoms with van der Waals surface area (Å²) in [4.78, 5) is 4.32. The first-order chi connectivity index (χ1) is 17.9. The van der Waals surface area contributed by atoms with Gasteiger partial charge in [0.05, 0.1) is 0 Å². The molecule has 0 saturated carbocycles. The monoisotopic (exact) mass is 504 g/mol. The maximum Gasteiger partial charge on any atom is 0.149 e. The number of phenolic OH excluding ortho intramolecular Hbond substituents is 1. The number of phenols is 1. The third kappa shape index (κ3) is 4.71. The smallest absolute Gasteiger partial charge is 0.149 e. The maximum absolute atomic E-state index is 15.8. The molecule has 3 nitrogen and oxygen atoms in total. The Bertz CT molecular complexity index is 1190. The summed E-state index contributed by atoms with van der Waals surface area (Å²) in [5, 5.41) is 10.1. The van der Waals surface area contributed by atoms with Gasteiger partial charge in [0.15, 0.2) is 0 Å². The number of aromatic hydroxyl groups is 1. The van der Waals surface area contributed by atoms with Crippen LogP contribution in [-0.2, 0) is 6.42 Å². The van der Waals surface area contributed by atoms with Crippen molar-refractivity contribution in [3.63, 3.8) is 0 Å². The standard InChI is InChI=1S/C32H38F2N2O/c1-35-15-11-32(12-16-35)13-17-36(18-14-32)31-28(33)20-24(21-29(31)34)30-26(22-5-3-2-4-6-22)9-7-23-19-25(37)8-10-27(23)30/h3,5-6,8,10,19-21,26,30,37H,2,4,7,9,11-18H2,1H3/t26-,30+/m1/s1. The lowest BCUT2D eigenvalue weighted by Gasteiger charge is -2.47. The van der Waals surface area contributed by atoms with Crippen molar-refractivity contribution in [1.29, 1.82) is 0 Å². The number of hydrogen-bond donors (Lipinski definition) is 1. The molecule has 2 fully saturated rings. The van der Waals surface area contributed by atoms with Crippen LogP contribution in [-0.4, -0.2) is 43.2 Å². The van der Waals surface area contributed by atoms with Crippen LogP contribution in [0.1, 0.15) is 67.6 Å². The van der Waals surface area contributed by atoms with Crippen molar-refractivity contribution in [2.45, 2.75) is 57.3 Å². The van der Waals surface area contributed by atoms with Gasteiger partial charge in [-0.15, -0.1) is 0 Å². The van der Waals surface area contributed by atoms with Gasteiger partial charge in [-0.3, -0.25) is 0 Å². The van der Waals surface area contributed by atoms with Gasteiger partial charge < -0.3 is 14.9 Å². The zero-order valence-electron chi connectivity index (χ0n) is 21.9. The van der Waals surface area contributed by atoms with E-state index in [0.29, 0.717) is 24.1 Å². The first-order valence-electron chi connectivity index (χ1n) is 14.0. The summed E-state index contributed by atoms with van der Waals surface area (Å²) in [7, 11) is 2.17. The molecule has 2 saturated heterocycles. The minimum Gasteiger partial charge on any atom is -0.508 e. The molecule has 37 heavy (non-hydrogen) atoms. The number of aryl methyl sites for hydroxylation is 1. The van der Waals surface area contributed by atoms with Crippen LogP contribution in [0.5, 0.6) is 5.75 Å². The fraction of sp³-hybridized carbons (Fsp3) is 0.500. The van der Waals surface area contributed by atoms with E-state index >= 15 is 8.78 Å². The number of rotatable bonds is 3. The second-order valence-electron chi connectivity index (χ2n) is 11.8. The molecule has 0 unspecified atom stereocenters. The zero-order chi connectivity index (χ0) is 25.6. The molecule has 2 atom stereocenters. The molecule has 1 N–H and O–H groups in total. The van der Waals surface area contributed by atoms with Gasteiger partial charge in [0.2, 0.25) is 0 Å². The second-order valence-corrected chi connectivity index (χ2v) is 11.8. The average Bonchev–Trinajstić information content (AvgIpc) is 2.91. The molecule has 0 bridgehead atoms. The van der Waals surface area contributed by atoms with Crippen LogP contribution in [0, 0.1) is 23.0 Å². The molecule has 6 rings (SSSR count). The molecule has 2 aliphatic heterocycles. The third-order valence-electron chi connectivity index (χ3n) is 9.63. The number of anilines is 1. The number of likely N-dealkylation sites (tertiary alicyclic amines) is 1. The van der Waals surface area contributed by atoms with E-state index in [1.54, 1.807) is 18.2 Å². The van der Waals surface area contributed by atoms with E-state index in [4.69, 9.17) is 0 Å². The molecule has 0 amide bonds. The van der Waals surface area contributed by atoms with Crippen LogP contribution in [0.3, 0.4) is 0 Å². The van der Waals surface area contributed by atoms with Crippen molar-refractivity contribution >= 4 is 5.69 Å². The molecule has 4 aliphatic rings. The number of nitrogens with zero attached hydrogens (tertiary/aromatic N) is 2. The molecule has 2 aliphatic carbocycles. The Balaban J connectivity index is 1.31. The van der Waals surface area contributed by atoms with Crippen molar-refractivity contribution < 1.29 is 13.9 Å². The second kappa shape index (κ2) is 9.90. The minimum atomic E-state index is -0.452. The number of benzene rings is 2. The Morgan fingerprint density at radius 2 is 1.62 bits per heavy atom. The Morgan fingerprint density at radius 3 is 2.30 bits per heavy atom. The predicted molar refractivity (Wildman–Crippen MR) is 145 cm³/mol. The molecule has 196 valence electrons. The van der Waals surface area contributed by atoms with Gasteiger partial charge in [0.25, 0.3) is 0 Å². The predicted octanol–water partition coefficient (Wildman–Crippen LogP) is 6.95. The van der Waals surface area contributed by atoms with E-state index < -0.39 is 11.6 Å². The largest absolute Gasteiger partial charge is 0.508 e. The van der Waals surface area contributed by atoms with Gasteiger partial charge in [-0.25, -0.2) is 8.78 Å². The molecule has 1 spiro atoms. The number of fused-ring (bicyclic) bond motifs is 1. The summed E-state index contributed by atoms with van der Waals surface area (Å²) in [6.07, 6.45) is 14.9. The summed E-state index contributed by atoms with van der Waals surface area (Å²) in [5.41, 5.74) is 4.58. The molecule has 2 aromatic rings. The fourth-order valence-electron chi connectivity index (χ4n) is 7.35. The fourth-order valence-corrected chi connectivity index (χ4v) is 7.35. The highest BCUT2D eigenvalue weighted by molar-refractivity contribution is 5.55. The lowest BCUT2D eigenvalue weighted by atomic mass is 9.68. The summed E-state index contributed by atoms with van der Waals surface area (Å²) in [6.45, 7) is 3.65. The Morgan fingerprint density at radius 1 is 0.919 bits per heavy atom.